The van der Waals surface area contributed by atoms with Crippen molar-refractivity contribution in [2.45, 2.75) is 0 Å². The number of para-hydroxylation sites is 2. The van der Waals surface area contributed by atoms with E-state index in [1.165, 1.54) is 21.5 Å². The third-order valence-electron chi connectivity index (χ3n) is 9.89. The predicted molar refractivity (Wildman–Crippen MR) is 203 cm³/mol. The lowest BCUT2D eigenvalue weighted by Crippen LogP contribution is -2.00. The van der Waals surface area contributed by atoms with Crippen molar-refractivity contribution in [2.24, 2.45) is 0 Å². The van der Waals surface area contributed by atoms with E-state index in [4.69, 9.17) is 23.8 Å². The molecule has 11 rings (SSSR count). The average molecular weight is 640 g/mol. The van der Waals surface area contributed by atoms with Crippen molar-refractivity contribution in [3.63, 3.8) is 0 Å². The summed E-state index contributed by atoms with van der Waals surface area (Å²) in [6, 6.07) is 52.1. The predicted octanol–water partition coefficient (Wildman–Crippen LogP) is 12.1. The molecule has 0 atom stereocenters. The molecule has 0 aliphatic rings. The second-order valence-electron chi connectivity index (χ2n) is 12.7. The van der Waals surface area contributed by atoms with E-state index in [1.54, 1.807) is 0 Å². The maximum absolute atomic E-state index is 6.48. The lowest BCUT2D eigenvalue weighted by atomic mass is 9.92. The molecule has 8 aromatic carbocycles. The highest BCUT2D eigenvalue weighted by Crippen LogP contribution is 2.44. The van der Waals surface area contributed by atoms with E-state index < -0.39 is 0 Å². The van der Waals surface area contributed by atoms with E-state index >= 15 is 0 Å². The molecule has 0 bridgehead atoms. The van der Waals surface area contributed by atoms with Crippen LogP contribution >= 0.6 is 0 Å². The van der Waals surface area contributed by atoms with E-state index in [1.807, 2.05) is 72.8 Å². The molecule has 5 nitrogen and oxygen atoms in total. The van der Waals surface area contributed by atoms with E-state index in [0.717, 1.165) is 71.3 Å². The maximum atomic E-state index is 6.48. The Bertz CT molecular complexity index is 3160. The molecule has 0 saturated carbocycles. The van der Waals surface area contributed by atoms with Crippen molar-refractivity contribution >= 4 is 76.2 Å². The monoisotopic (exact) mass is 639 g/mol. The lowest BCUT2D eigenvalue weighted by Gasteiger charge is -2.12. The summed E-state index contributed by atoms with van der Waals surface area (Å²) in [7, 11) is 0. The van der Waals surface area contributed by atoms with Crippen molar-refractivity contribution in [2.75, 3.05) is 0 Å². The Balaban J connectivity index is 1.17. The fourth-order valence-electron chi connectivity index (χ4n) is 7.67. The smallest absolute Gasteiger partial charge is 0.164 e. The molecule has 0 saturated heterocycles. The Hall–Kier alpha value is -6.85. The lowest BCUT2D eigenvalue weighted by molar-refractivity contribution is 0.669. The standard InChI is InChI=1S/C45H25N3O2/c1-2-11-26(12-3-1)43-46-44(48-45(47-43)35-17-10-20-38-40(35)32-15-6-8-18-36(32)49-38)28-22-23-29-27(25-28)21-24-34-39(29)30-13-4-5-14-31(30)42-41(34)33-16-7-9-19-37(33)50-42/h1-25H. The van der Waals surface area contributed by atoms with Gasteiger partial charge in [0, 0.05) is 43.6 Å². The first-order valence-electron chi connectivity index (χ1n) is 16.7. The number of aromatic nitrogens is 3. The number of hydrogen-bond donors (Lipinski definition) is 0. The fourth-order valence-corrected chi connectivity index (χ4v) is 7.67. The molecule has 50 heavy (non-hydrogen) atoms. The quantitative estimate of drug-likeness (QED) is 0.180. The molecule has 11 aromatic rings. The Labute approximate surface area is 285 Å². The summed E-state index contributed by atoms with van der Waals surface area (Å²) < 4.78 is 12.7. The van der Waals surface area contributed by atoms with E-state index in [2.05, 4.69) is 78.9 Å². The zero-order chi connectivity index (χ0) is 32.8. The van der Waals surface area contributed by atoms with Crippen LogP contribution in [0.25, 0.3) is 110 Å². The SMILES string of the molecule is c1ccc(-c2nc(-c3ccc4c(ccc5c4c4ccccc4c4oc6ccccc6c54)c3)nc(-c3cccc4oc5ccccc5c34)n2)cc1. The van der Waals surface area contributed by atoms with Gasteiger partial charge in [-0.3, -0.25) is 0 Å². The van der Waals surface area contributed by atoms with E-state index in [9.17, 15) is 0 Å². The van der Waals surface area contributed by atoms with Crippen LogP contribution in [-0.4, -0.2) is 15.0 Å². The number of hydrogen-bond acceptors (Lipinski definition) is 5. The highest BCUT2D eigenvalue weighted by molar-refractivity contribution is 6.34. The maximum Gasteiger partial charge on any atom is 0.164 e. The Morgan fingerprint density at radius 3 is 1.78 bits per heavy atom. The van der Waals surface area contributed by atoms with Crippen molar-refractivity contribution in [1.29, 1.82) is 0 Å². The van der Waals surface area contributed by atoms with Gasteiger partial charge in [-0.25, -0.2) is 15.0 Å². The minimum absolute atomic E-state index is 0.602. The second-order valence-corrected chi connectivity index (χ2v) is 12.7. The largest absolute Gasteiger partial charge is 0.456 e. The van der Waals surface area contributed by atoms with Crippen molar-refractivity contribution in [3.05, 3.63) is 152 Å². The molecule has 0 aliphatic heterocycles. The van der Waals surface area contributed by atoms with Gasteiger partial charge in [0.15, 0.2) is 17.5 Å². The molecule has 0 fully saturated rings. The summed E-state index contributed by atoms with van der Waals surface area (Å²) in [6.07, 6.45) is 0. The van der Waals surface area contributed by atoms with Gasteiger partial charge in [0.05, 0.1) is 0 Å². The second kappa shape index (κ2) is 10.3. The summed E-state index contributed by atoms with van der Waals surface area (Å²) >= 11 is 0. The van der Waals surface area contributed by atoms with Crippen LogP contribution in [0.15, 0.2) is 160 Å². The molecule has 0 N–H and O–H groups in total. The van der Waals surface area contributed by atoms with Crippen LogP contribution in [0.3, 0.4) is 0 Å². The summed E-state index contributed by atoms with van der Waals surface area (Å²) in [6.45, 7) is 0. The molecule has 5 heteroatoms. The van der Waals surface area contributed by atoms with Gasteiger partial charge in [-0.15, -0.1) is 0 Å². The number of nitrogens with zero attached hydrogens (tertiary/aromatic N) is 3. The molecule has 0 aliphatic carbocycles. The van der Waals surface area contributed by atoms with Crippen molar-refractivity contribution < 1.29 is 8.83 Å². The summed E-state index contributed by atoms with van der Waals surface area (Å²) in [5, 5.41) is 11.2. The van der Waals surface area contributed by atoms with Crippen LogP contribution < -0.4 is 0 Å². The molecular formula is C45H25N3O2. The molecule has 3 aromatic heterocycles. The fraction of sp³-hybridized carbons (Fsp3) is 0. The van der Waals surface area contributed by atoms with Crippen LogP contribution in [0.5, 0.6) is 0 Å². The van der Waals surface area contributed by atoms with Crippen LogP contribution in [-0.2, 0) is 0 Å². The van der Waals surface area contributed by atoms with Gasteiger partial charge in [0.1, 0.15) is 22.3 Å². The first kappa shape index (κ1) is 27.1. The highest BCUT2D eigenvalue weighted by atomic mass is 16.3. The van der Waals surface area contributed by atoms with E-state index in [-0.39, 0.29) is 0 Å². The van der Waals surface area contributed by atoms with Crippen molar-refractivity contribution in [1.82, 2.24) is 15.0 Å². The highest BCUT2D eigenvalue weighted by Gasteiger charge is 2.20. The van der Waals surface area contributed by atoms with Crippen LogP contribution in [0.1, 0.15) is 0 Å². The minimum Gasteiger partial charge on any atom is -0.456 e. The van der Waals surface area contributed by atoms with E-state index in [0.29, 0.717) is 17.5 Å². The zero-order valence-electron chi connectivity index (χ0n) is 26.6. The van der Waals surface area contributed by atoms with Crippen LogP contribution in [0, 0.1) is 0 Å². The van der Waals surface area contributed by atoms with Gasteiger partial charge in [-0.2, -0.15) is 0 Å². The summed E-state index contributed by atoms with van der Waals surface area (Å²) in [5.74, 6) is 1.83. The topological polar surface area (TPSA) is 65.0 Å². The third kappa shape index (κ3) is 3.92. The Kier molecular flexibility index (Phi) is 5.60. The van der Waals surface area contributed by atoms with Gasteiger partial charge in [0.25, 0.3) is 0 Å². The van der Waals surface area contributed by atoms with Gasteiger partial charge in [-0.1, -0.05) is 127 Å². The first-order valence-corrected chi connectivity index (χ1v) is 16.7. The molecule has 0 radical (unpaired) electrons. The van der Waals surface area contributed by atoms with Crippen molar-refractivity contribution in [3.8, 4) is 34.2 Å². The van der Waals surface area contributed by atoms with Gasteiger partial charge >= 0.3 is 0 Å². The Morgan fingerprint density at radius 2 is 0.960 bits per heavy atom. The molecule has 0 unspecified atom stereocenters. The zero-order valence-corrected chi connectivity index (χ0v) is 26.6. The van der Waals surface area contributed by atoms with Gasteiger partial charge < -0.3 is 8.83 Å². The average Bonchev–Trinajstić information content (AvgIpc) is 3.77. The Morgan fingerprint density at radius 1 is 0.340 bits per heavy atom. The summed E-state index contributed by atoms with van der Waals surface area (Å²) in [4.78, 5) is 15.3. The number of benzene rings is 8. The molecule has 3 heterocycles. The van der Waals surface area contributed by atoms with Crippen LogP contribution in [0.2, 0.25) is 0 Å². The first-order chi connectivity index (χ1) is 24.8. The molecule has 0 amide bonds. The molecular weight excluding hydrogens is 615 g/mol. The minimum atomic E-state index is 0.602. The van der Waals surface area contributed by atoms with Gasteiger partial charge in [-0.05, 0) is 51.2 Å². The summed E-state index contributed by atoms with van der Waals surface area (Å²) in [5.41, 5.74) is 6.21. The third-order valence-corrected chi connectivity index (χ3v) is 9.89. The van der Waals surface area contributed by atoms with Gasteiger partial charge in [0.2, 0.25) is 0 Å². The molecule has 232 valence electrons. The number of rotatable bonds is 3. The normalized spacial score (nSPS) is 12.0. The van der Waals surface area contributed by atoms with Crippen LogP contribution in [0.4, 0.5) is 0 Å². The number of fused-ring (bicyclic) bond motifs is 13. The number of furan rings is 2. The molecule has 0 spiro atoms.